The maximum absolute atomic E-state index is 12.4. The Bertz CT molecular complexity index is 787. The van der Waals surface area contributed by atoms with Crippen molar-refractivity contribution < 1.29 is 9.53 Å². The van der Waals surface area contributed by atoms with Gasteiger partial charge in [0.2, 0.25) is 0 Å². The van der Waals surface area contributed by atoms with Crippen molar-refractivity contribution in [1.82, 2.24) is 9.80 Å². The van der Waals surface area contributed by atoms with Gasteiger partial charge in [-0.05, 0) is 42.2 Å². The van der Waals surface area contributed by atoms with Crippen LogP contribution in [0.25, 0.3) is 0 Å². The number of hydrogen-bond acceptors (Lipinski definition) is 4. The van der Waals surface area contributed by atoms with E-state index in [1.54, 1.807) is 12.1 Å². The van der Waals surface area contributed by atoms with Gasteiger partial charge >= 0.3 is 0 Å². The van der Waals surface area contributed by atoms with Crippen LogP contribution in [0.15, 0.2) is 54.6 Å². The van der Waals surface area contributed by atoms with Crippen LogP contribution < -0.4 is 0 Å². The molecule has 0 saturated carbocycles. The fourth-order valence-corrected chi connectivity index (χ4v) is 3.96. The minimum Gasteiger partial charge on any atom is -0.372 e. The first-order valence-electron chi connectivity index (χ1n) is 11.4. The molecule has 2 aromatic rings. The molecule has 0 bridgehead atoms. The fraction of sp³-hybridized carbons (Fsp3) is 0.500. The molecule has 0 aliphatic carbocycles. The van der Waals surface area contributed by atoms with Crippen molar-refractivity contribution in [3.63, 3.8) is 0 Å². The number of piperazine rings is 1. The first-order valence-corrected chi connectivity index (χ1v) is 11.8. The number of nitrogens with zero attached hydrogens (tertiary/aromatic N) is 2. The van der Waals surface area contributed by atoms with Gasteiger partial charge in [-0.25, -0.2) is 0 Å². The highest BCUT2D eigenvalue weighted by Gasteiger charge is 2.22. The number of ether oxygens (including phenoxy) is 1. The molecular weight excluding hydrogens is 408 g/mol. The van der Waals surface area contributed by atoms with E-state index in [-0.39, 0.29) is 11.9 Å². The molecule has 1 saturated heterocycles. The highest BCUT2D eigenvalue weighted by Crippen LogP contribution is 2.21. The van der Waals surface area contributed by atoms with E-state index in [1.165, 1.54) is 5.56 Å². The lowest BCUT2D eigenvalue weighted by Gasteiger charge is -2.36. The van der Waals surface area contributed by atoms with Crippen molar-refractivity contribution in [2.24, 2.45) is 5.92 Å². The SMILES string of the molecule is CC(C)CCOC(CN1CCN(CCC(=O)c2ccc(Cl)cc2)CC1)c1ccccc1. The third-order valence-corrected chi connectivity index (χ3v) is 6.15. The Morgan fingerprint density at radius 1 is 0.968 bits per heavy atom. The Morgan fingerprint density at radius 3 is 2.26 bits per heavy atom. The van der Waals surface area contributed by atoms with Crippen LogP contribution in [0.5, 0.6) is 0 Å². The van der Waals surface area contributed by atoms with Crippen LogP contribution in [0.1, 0.15) is 48.7 Å². The zero-order chi connectivity index (χ0) is 22.1. The highest BCUT2D eigenvalue weighted by atomic mass is 35.5. The van der Waals surface area contributed by atoms with E-state index in [2.05, 4.69) is 54.0 Å². The zero-order valence-electron chi connectivity index (χ0n) is 18.8. The van der Waals surface area contributed by atoms with Crippen molar-refractivity contribution in [1.29, 1.82) is 0 Å². The number of benzene rings is 2. The Morgan fingerprint density at radius 2 is 1.61 bits per heavy atom. The Kier molecular flexibility index (Phi) is 9.54. The molecule has 168 valence electrons. The largest absolute Gasteiger partial charge is 0.372 e. The quantitative estimate of drug-likeness (QED) is 0.440. The van der Waals surface area contributed by atoms with Gasteiger partial charge in [-0.3, -0.25) is 9.69 Å². The number of ketones is 1. The van der Waals surface area contributed by atoms with Crippen LogP contribution in [0.4, 0.5) is 0 Å². The van der Waals surface area contributed by atoms with E-state index in [4.69, 9.17) is 16.3 Å². The molecule has 1 unspecified atom stereocenters. The summed E-state index contributed by atoms with van der Waals surface area (Å²) in [6.07, 6.45) is 1.74. The van der Waals surface area contributed by atoms with Gasteiger partial charge < -0.3 is 9.64 Å². The lowest BCUT2D eigenvalue weighted by atomic mass is 10.1. The van der Waals surface area contributed by atoms with E-state index in [0.29, 0.717) is 17.4 Å². The first kappa shape index (κ1) is 23.9. The van der Waals surface area contributed by atoms with Crippen LogP contribution in [0.2, 0.25) is 5.02 Å². The van der Waals surface area contributed by atoms with Gasteiger partial charge in [0.1, 0.15) is 0 Å². The predicted molar refractivity (Wildman–Crippen MR) is 128 cm³/mol. The first-order chi connectivity index (χ1) is 15.0. The number of hydrogen-bond donors (Lipinski definition) is 0. The molecule has 2 aromatic carbocycles. The Balaban J connectivity index is 1.44. The van der Waals surface area contributed by atoms with Gasteiger partial charge in [-0.15, -0.1) is 0 Å². The summed E-state index contributed by atoms with van der Waals surface area (Å²) in [5.74, 6) is 0.831. The second-order valence-electron chi connectivity index (χ2n) is 8.77. The Hall–Kier alpha value is -1.72. The normalized spacial score (nSPS) is 16.5. The lowest BCUT2D eigenvalue weighted by Crippen LogP contribution is -2.48. The summed E-state index contributed by atoms with van der Waals surface area (Å²) in [5, 5.41) is 0.662. The smallest absolute Gasteiger partial charge is 0.164 e. The molecule has 0 radical (unpaired) electrons. The molecule has 0 spiro atoms. The molecular formula is C26H35ClN2O2. The molecule has 1 aliphatic rings. The van der Waals surface area contributed by atoms with Crippen LogP contribution in [-0.2, 0) is 4.74 Å². The molecule has 1 atom stereocenters. The van der Waals surface area contributed by atoms with Gasteiger partial charge in [0.05, 0.1) is 6.10 Å². The fourth-order valence-electron chi connectivity index (χ4n) is 3.84. The van der Waals surface area contributed by atoms with Crippen LogP contribution in [-0.4, -0.2) is 61.5 Å². The number of carbonyl (C=O) groups excluding carboxylic acids is 1. The molecule has 0 N–H and O–H groups in total. The lowest BCUT2D eigenvalue weighted by molar-refractivity contribution is 0.00799. The number of Topliss-reactive ketones (excluding diaryl/α,β-unsaturated/α-hetero) is 1. The van der Waals surface area contributed by atoms with Crippen LogP contribution >= 0.6 is 11.6 Å². The van der Waals surface area contributed by atoms with Gasteiger partial charge in [-0.2, -0.15) is 0 Å². The summed E-state index contributed by atoms with van der Waals surface area (Å²) in [7, 11) is 0. The summed E-state index contributed by atoms with van der Waals surface area (Å²) in [4.78, 5) is 17.3. The third-order valence-electron chi connectivity index (χ3n) is 5.90. The monoisotopic (exact) mass is 442 g/mol. The number of rotatable bonds is 11. The molecule has 4 nitrogen and oxygen atoms in total. The van der Waals surface area contributed by atoms with E-state index in [0.717, 1.165) is 57.9 Å². The number of halogens is 1. The molecule has 1 heterocycles. The molecule has 0 amide bonds. The van der Waals surface area contributed by atoms with Gasteiger partial charge in [-0.1, -0.05) is 55.8 Å². The standard InChI is InChI=1S/C26H35ClN2O2/c1-21(2)13-19-31-26(23-6-4-3-5-7-23)20-29-17-15-28(16-18-29)14-12-25(30)22-8-10-24(27)11-9-22/h3-11,21,26H,12-20H2,1-2H3. The van der Waals surface area contributed by atoms with Gasteiger partial charge in [0, 0.05) is 62.9 Å². The maximum Gasteiger partial charge on any atom is 0.164 e. The summed E-state index contributed by atoms with van der Waals surface area (Å²) in [6.45, 7) is 11.0. The zero-order valence-corrected chi connectivity index (χ0v) is 19.6. The summed E-state index contributed by atoms with van der Waals surface area (Å²) >= 11 is 5.91. The van der Waals surface area contributed by atoms with Crippen molar-refractivity contribution in [2.75, 3.05) is 45.9 Å². The topological polar surface area (TPSA) is 32.8 Å². The average Bonchev–Trinajstić information content (AvgIpc) is 2.78. The highest BCUT2D eigenvalue weighted by molar-refractivity contribution is 6.30. The van der Waals surface area contributed by atoms with Crippen LogP contribution in [0, 0.1) is 5.92 Å². The molecule has 0 aromatic heterocycles. The molecule has 31 heavy (non-hydrogen) atoms. The van der Waals surface area contributed by atoms with Gasteiger partial charge in [0.15, 0.2) is 5.78 Å². The summed E-state index contributed by atoms with van der Waals surface area (Å²) < 4.78 is 6.30. The van der Waals surface area contributed by atoms with Crippen LogP contribution in [0.3, 0.4) is 0 Å². The average molecular weight is 443 g/mol. The third kappa shape index (κ3) is 8.04. The summed E-state index contributed by atoms with van der Waals surface area (Å²) in [5.41, 5.74) is 1.99. The maximum atomic E-state index is 12.4. The summed E-state index contributed by atoms with van der Waals surface area (Å²) in [6, 6.07) is 17.7. The van der Waals surface area contributed by atoms with Gasteiger partial charge in [0.25, 0.3) is 0 Å². The Labute approximate surface area is 192 Å². The predicted octanol–water partition coefficient (Wildman–Crippen LogP) is 5.33. The van der Waals surface area contributed by atoms with Crippen molar-refractivity contribution in [3.05, 3.63) is 70.7 Å². The van der Waals surface area contributed by atoms with E-state index >= 15 is 0 Å². The number of carbonyl (C=O) groups is 1. The van der Waals surface area contributed by atoms with E-state index < -0.39 is 0 Å². The molecule has 1 aliphatic heterocycles. The molecule has 3 rings (SSSR count). The second-order valence-corrected chi connectivity index (χ2v) is 9.21. The van der Waals surface area contributed by atoms with E-state index in [1.807, 2.05) is 12.1 Å². The minimum absolute atomic E-state index is 0.109. The molecule has 5 heteroatoms. The van der Waals surface area contributed by atoms with E-state index in [9.17, 15) is 4.79 Å². The second kappa shape index (κ2) is 12.4. The van der Waals surface area contributed by atoms with Crippen molar-refractivity contribution in [2.45, 2.75) is 32.8 Å². The minimum atomic E-state index is 0.109. The van der Waals surface area contributed by atoms with Crippen molar-refractivity contribution >= 4 is 17.4 Å². The van der Waals surface area contributed by atoms with Crippen molar-refractivity contribution in [3.8, 4) is 0 Å². The molecule has 1 fully saturated rings.